The lowest BCUT2D eigenvalue weighted by atomic mass is 10.3. The van der Waals surface area contributed by atoms with Crippen LogP contribution in [0.4, 0.5) is 0 Å². The molecule has 0 bridgehead atoms. The first-order chi connectivity index (χ1) is 5.09. The zero-order valence-corrected chi connectivity index (χ0v) is 8.78. The molecule has 4 N–H and O–H groups in total. The van der Waals surface area contributed by atoms with Crippen molar-refractivity contribution in [1.29, 1.82) is 0 Å². The van der Waals surface area contributed by atoms with Crippen molar-refractivity contribution in [2.75, 3.05) is 11.5 Å². The summed E-state index contributed by atoms with van der Waals surface area (Å²) in [6, 6.07) is -0.578. The Bertz CT molecular complexity index is 161. The smallest absolute Gasteiger partial charge is 0.325 e. The molecule has 80 valence electrons. The van der Waals surface area contributed by atoms with Gasteiger partial charge in [0, 0.05) is 6.04 Å². The Kier molecular flexibility index (Phi) is 7.67. The van der Waals surface area contributed by atoms with E-state index in [1.165, 1.54) is 0 Å². The van der Waals surface area contributed by atoms with E-state index in [9.17, 15) is 9.35 Å². The molecule has 1 rings (SSSR count). The van der Waals surface area contributed by atoms with Gasteiger partial charge in [-0.3, -0.25) is 10.1 Å². The molecule has 1 saturated heterocycles. The predicted molar refractivity (Wildman–Crippen MR) is 52.8 cm³/mol. The molecule has 0 unspecified atom stereocenters. The number of carbonyl (C=O) groups is 1. The maximum atomic E-state index is 11.0. The Labute approximate surface area is 85.8 Å². The summed E-state index contributed by atoms with van der Waals surface area (Å²) in [5, 5.41) is 11.4. The molecule has 0 amide bonds. The summed E-state index contributed by atoms with van der Waals surface area (Å²) in [5.74, 6) is -0.117. The number of hydrogen-bond acceptors (Lipinski definition) is 3. The molecule has 0 radical (unpaired) electrons. The van der Waals surface area contributed by atoms with Crippen molar-refractivity contribution >= 4 is 29.6 Å². The zero-order chi connectivity index (χ0) is 8.43. The van der Waals surface area contributed by atoms with Crippen LogP contribution in [0.25, 0.3) is 0 Å². The van der Waals surface area contributed by atoms with Crippen molar-refractivity contribution in [2.24, 2.45) is 0 Å². The minimum atomic E-state index is -0.964. The SMILES string of the molecule is C[C@H]1C[S@+]([O-])C[C@@H](C(=O)O)N1.Cl.O. The minimum Gasteiger partial charge on any atom is -0.616 e. The number of hydrogen-bond donors (Lipinski definition) is 2. The maximum absolute atomic E-state index is 11.0. The molecule has 0 aromatic carbocycles. The summed E-state index contributed by atoms with van der Waals surface area (Å²) < 4.78 is 11.0. The molecule has 1 aliphatic heterocycles. The summed E-state index contributed by atoms with van der Waals surface area (Å²) in [4.78, 5) is 10.4. The number of carboxylic acid groups (broad SMARTS) is 1. The molecule has 0 aromatic heterocycles. The van der Waals surface area contributed by atoms with E-state index in [1.807, 2.05) is 6.92 Å². The third-order valence-corrected chi connectivity index (χ3v) is 3.15. The highest BCUT2D eigenvalue weighted by Gasteiger charge is 2.31. The van der Waals surface area contributed by atoms with E-state index in [1.54, 1.807) is 0 Å². The van der Waals surface area contributed by atoms with Crippen LogP contribution in [0, 0.1) is 0 Å². The molecule has 0 aromatic rings. The standard InChI is InChI=1S/C6H11NO3S.ClH.H2O/c1-4-2-11(10)3-5(7-4)6(8)9;;/h4-5,7H,2-3H2,1H3,(H,8,9);1H;1H2/t4-,5-,11-;;/m0../s1. The first-order valence-electron chi connectivity index (χ1n) is 3.43. The Morgan fingerprint density at radius 1 is 1.62 bits per heavy atom. The van der Waals surface area contributed by atoms with Crippen molar-refractivity contribution < 1.29 is 19.9 Å². The van der Waals surface area contributed by atoms with Crippen molar-refractivity contribution in [1.82, 2.24) is 5.32 Å². The topological polar surface area (TPSA) is 104 Å². The first-order valence-corrected chi connectivity index (χ1v) is 4.92. The molecule has 3 atom stereocenters. The molecule has 1 aliphatic rings. The van der Waals surface area contributed by atoms with Crippen molar-refractivity contribution in [3.8, 4) is 0 Å². The van der Waals surface area contributed by atoms with Crippen LogP contribution in [0.3, 0.4) is 0 Å². The van der Waals surface area contributed by atoms with E-state index in [0.29, 0.717) is 5.75 Å². The van der Waals surface area contributed by atoms with Gasteiger partial charge in [-0.2, -0.15) is 0 Å². The van der Waals surface area contributed by atoms with E-state index in [-0.39, 0.29) is 29.7 Å². The summed E-state index contributed by atoms with van der Waals surface area (Å²) >= 11 is -0.964. The molecule has 0 aliphatic carbocycles. The van der Waals surface area contributed by atoms with Gasteiger partial charge in [0.1, 0.15) is 11.5 Å². The molecular formula is C6H14ClNO4S. The summed E-state index contributed by atoms with van der Waals surface area (Å²) in [7, 11) is 0. The Morgan fingerprint density at radius 2 is 2.15 bits per heavy atom. The molecule has 13 heavy (non-hydrogen) atoms. The number of carboxylic acids is 1. The lowest BCUT2D eigenvalue weighted by molar-refractivity contribution is -0.139. The highest BCUT2D eigenvalue weighted by molar-refractivity contribution is 7.91. The normalized spacial score (nSPS) is 32.6. The van der Waals surface area contributed by atoms with Crippen LogP contribution < -0.4 is 5.32 Å². The van der Waals surface area contributed by atoms with Crippen molar-refractivity contribution in [3.05, 3.63) is 0 Å². The monoisotopic (exact) mass is 231 g/mol. The van der Waals surface area contributed by atoms with Gasteiger partial charge in [0.15, 0.2) is 6.04 Å². The molecule has 5 nitrogen and oxygen atoms in total. The fourth-order valence-electron chi connectivity index (χ4n) is 1.12. The highest BCUT2D eigenvalue weighted by Crippen LogP contribution is 2.06. The average Bonchev–Trinajstić information content (AvgIpc) is 1.85. The fraction of sp³-hybridized carbons (Fsp3) is 0.833. The van der Waals surface area contributed by atoms with Gasteiger partial charge in [-0.25, -0.2) is 0 Å². The van der Waals surface area contributed by atoms with Gasteiger partial charge >= 0.3 is 5.97 Å². The van der Waals surface area contributed by atoms with Crippen molar-refractivity contribution in [2.45, 2.75) is 19.0 Å². The van der Waals surface area contributed by atoms with Gasteiger partial charge in [-0.05, 0) is 18.1 Å². The third kappa shape index (κ3) is 4.68. The number of rotatable bonds is 1. The van der Waals surface area contributed by atoms with E-state index >= 15 is 0 Å². The second kappa shape index (κ2) is 6.44. The number of nitrogens with one attached hydrogen (secondary N) is 1. The van der Waals surface area contributed by atoms with Crippen LogP contribution >= 0.6 is 12.4 Å². The van der Waals surface area contributed by atoms with E-state index in [4.69, 9.17) is 5.11 Å². The Morgan fingerprint density at radius 3 is 2.54 bits per heavy atom. The quantitative estimate of drug-likeness (QED) is 0.552. The maximum Gasteiger partial charge on any atom is 0.325 e. The molecule has 0 saturated carbocycles. The van der Waals surface area contributed by atoms with Crippen LogP contribution in [-0.2, 0) is 16.0 Å². The molecule has 1 heterocycles. The summed E-state index contributed by atoms with van der Waals surface area (Å²) in [6.45, 7) is 1.84. The van der Waals surface area contributed by atoms with Crippen LogP contribution in [0.5, 0.6) is 0 Å². The average molecular weight is 232 g/mol. The molecular weight excluding hydrogens is 218 g/mol. The van der Waals surface area contributed by atoms with Crippen LogP contribution in [0.1, 0.15) is 6.92 Å². The molecule has 1 fully saturated rings. The van der Waals surface area contributed by atoms with Crippen molar-refractivity contribution in [3.63, 3.8) is 0 Å². The van der Waals surface area contributed by atoms with Crippen LogP contribution in [0.2, 0.25) is 0 Å². The largest absolute Gasteiger partial charge is 0.616 e. The lowest BCUT2D eigenvalue weighted by Gasteiger charge is -2.27. The van der Waals surface area contributed by atoms with Gasteiger partial charge in [-0.15, -0.1) is 12.4 Å². The summed E-state index contributed by atoms with van der Waals surface area (Å²) in [5.41, 5.74) is 0. The van der Waals surface area contributed by atoms with Crippen LogP contribution in [0.15, 0.2) is 0 Å². The highest BCUT2D eigenvalue weighted by atomic mass is 35.5. The van der Waals surface area contributed by atoms with Gasteiger partial charge in [-0.1, -0.05) is 0 Å². The second-order valence-corrected chi connectivity index (χ2v) is 4.28. The van der Waals surface area contributed by atoms with Crippen LogP contribution in [-0.4, -0.2) is 44.7 Å². The Balaban J connectivity index is 0. The molecule has 7 heteroatoms. The number of aliphatic carboxylic acids is 1. The fourth-order valence-corrected chi connectivity index (χ4v) is 2.52. The lowest BCUT2D eigenvalue weighted by Crippen LogP contribution is -2.54. The third-order valence-electron chi connectivity index (χ3n) is 1.57. The Hall–Kier alpha value is -0.0100. The van der Waals surface area contributed by atoms with Gasteiger partial charge in [0.2, 0.25) is 0 Å². The predicted octanol–water partition coefficient (Wildman–Crippen LogP) is -1.22. The van der Waals surface area contributed by atoms with E-state index in [0.717, 1.165) is 0 Å². The van der Waals surface area contributed by atoms with E-state index < -0.39 is 23.2 Å². The van der Waals surface area contributed by atoms with Gasteiger partial charge in [0.05, 0.1) is 0 Å². The van der Waals surface area contributed by atoms with E-state index in [2.05, 4.69) is 5.32 Å². The zero-order valence-electron chi connectivity index (χ0n) is 7.15. The second-order valence-electron chi connectivity index (χ2n) is 2.73. The first kappa shape index (κ1) is 15.5. The number of halogens is 1. The summed E-state index contributed by atoms with van der Waals surface area (Å²) in [6.07, 6.45) is 0. The minimum absolute atomic E-state index is 0. The van der Waals surface area contributed by atoms with Gasteiger partial charge in [0.25, 0.3) is 0 Å². The molecule has 0 spiro atoms. The van der Waals surface area contributed by atoms with Gasteiger partial charge < -0.3 is 15.1 Å².